The van der Waals surface area contributed by atoms with Gasteiger partial charge in [0.15, 0.2) is 0 Å². The first kappa shape index (κ1) is 17.6. The molecule has 2 amide bonds. The van der Waals surface area contributed by atoms with Gasteiger partial charge in [-0.1, -0.05) is 24.6 Å². The van der Waals surface area contributed by atoms with E-state index in [-0.39, 0.29) is 24.0 Å². The van der Waals surface area contributed by atoms with Gasteiger partial charge in [-0.3, -0.25) is 9.59 Å². The zero-order valence-electron chi connectivity index (χ0n) is 15.3. The van der Waals surface area contributed by atoms with Crippen LogP contribution in [0.4, 0.5) is 11.4 Å². The molecule has 5 heteroatoms. The fourth-order valence-electron chi connectivity index (χ4n) is 3.81. The highest BCUT2D eigenvalue weighted by molar-refractivity contribution is 5.98. The number of amides is 2. The van der Waals surface area contributed by atoms with E-state index in [2.05, 4.69) is 5.32 Å². The highest BCUT2D eigenvalue weighted by Crippen LogP contribution is 2.34. The van der Waals surface area contributed by atoms with E-state index >= 15 is 0 Å². The highest BCUT2D eigenvalue weighted by Gasteiger charge is 2.29. The zero-order chi connectivity index (χ0) is 18.8. The Labute approximate surface area is 159 Å². The first-order chi connectivity index (χ1) is 13.1. The number of aryl methyl sites for hydroxylation is 1. The number of phenols is 1. The van der Waals surface area contributed by atoms with E-state index in [4.69, 9.17) is 0 Å². The Hall–Kier alpha value is -2.82. The standard InChI is InChI=1S/C22H24N2O3/c25-20-7-2-1-6-17(20)13-21(26)23-18-9-10-19-16(12-18)8-11-22(27)24(19)14-15-4-3-5-15/h1-2,6-7,9-10,12,15,25H,3-5,8,11,13-14H2,(H,23,26). The molecular weight excluding hydrogens is 340 g/mol. The summed E-state index contributed by atoms with van der Waals surface area (Å²) in [6.45, 7) is 0.810. The number of nitrogens with zero attached hydrogens (tertiary/aromatic N) is 1. The van der Waals surface area contributed by atoms with Crippen LogP contribution in [-0.4, -0.2) is 23.5 Å². The van der Waals surface area contributed by atoms with Crippen LogP contribution in [0.25, 0.3) is 0 Å². The molecule has 4 rings (SSSR count). The molecule has 0 atom stereocenters. The maximum absolute atomic E-state index is 12.4. The van der Waals surface area contributed by atoms with Gasteiger partial charge in [0.1, 0.15) is 5.75 Å². The molecule has 0 aromatic heterocycles. The Bertz CT molecular complexity index is 874. The van der Waals surface area contributed by atoms with Crippen LogP contribution < -0.4 is 10.2 Å². The van der Waals surface area contributed by atoms with Crippen LogP contribution in [0.3, 0.4) is 0 Å². The fraction of sp³-hybridized carbons (Fsp3) is 0.364. The Balaban J connectivity index is 1.46. The summed E-state index contributed by atoms with van der Waals surface area (Å²) in [6, 6.07) is 12.6. The third-order valence-corrected chi connectivity index (χ3v) is 5.57. The fourth-order valence-corrected chi connectivity index (χ4v) is 3.81. The topological polar surface area (TPSA) is 69.6 Å². The molecule has 0 saturated heterocycles. The molecule has 0 radical (unpaired) electrons. The van der Waals surface area contributed by atoms with Crippen LogP contribution in [0, 0.1) is 5.92 Å². The van der Waals surface area contributed by atoms with Gasteiger partial charge < -0.3 is 15.3 Å². The van der Waals surface area contributed by atoms with E-state index in [0.717, 1.165) is 23.5 Å². The van der Waals surface area contributed by atoms with Crippen molar-refractivity contribution in [2.45, 2.75) is 38.5 Å². The summed E-state index contributed by atoms with van der Waals surface area (Å²) in [5.74, 6) is 0.779. The Morgan fingerprint density at radius 3 is 2.70 bits per heavy atom. The first-order valence-electron chi connectivity index (χ1n) is 9.60. The molecule has 2 aromatic carbocycles. The lowest BCUT2D eigenvalue weighted by Crippen LogP contribution is -2.40. The molecule has 2 N–H and O–H groups in total. The van der Waals surface area contributed by atoms with E-state index in [0.29, 0.717) is 24.3 Å². The molecule has 2 aromatic rings. The number of hydrogen-bond donors (Lipinski definition) is 2. The van der Waals surface area contributed by atoms with Gasteiger partial charge in [-0.05, 0) is 55.0 Å². The molecule has 2 aliphatic rings. The molecular formula is C22H24N2O3. The average Bonchev–Trinajstić information content (AvgIpc) is 2.61. The summed E-state index contributed by atoms with van der Waals surface area (Å²) in [5.41, 5.74) is 3.42. The van der Waals surface area contributed by atoms with Crippen molar-refractivity contribution in [3.63, 3.8) is 0 Å². The van der Waals surface area contributed by atoms with E-state index in [1.165, 1.54) is 19.3 Å². The van der Waals surface area contributed by atoms with Crippen molar-refractivity contribution in [1.82, 2.24) is 0 Å². The van der Waals surface area contributed by atoms with Crippen molar-refractivity contribution in [2.24, 2.45) is 5.92 Å². The zero-order valence-corrected chi connectivity index (χ0v) is 15.3. The van der Waals surface area contributed by atoms with Crippen molar-refractivity contribution >= 4 is 23.2 Å². The van der Waals surface area contributed by atoms with E-state index in [9.17, 15) is 14.7 Å². The third kappa shape index (κ3) is 3.82. The van der Waals surface area contributed by atoms with Gasteiger partial charge in [0.05, 0.1) is 6.42 Å². The number of carbonyl (C=O) groups excluding carboxylic acids is 2. The molecule has 1 heterocycles. The Morgan fingerprint density at radius 1 is 1.15 bits per heavy atom. The van der Waals surface area contributed by atoms with Gasteiger partial charge in [0.25, 0.3) is 0 Å². The molecule has 0 unspecified atom stereocenters. The SMILES string of the molecule is O=C(Cc1ccccc1O)Nc1ccc2c(c1)CCC(=O)N2CC1CCC1. The summed E-state index contributed by atoms with van der Waals surface area (Å²) in [5, 5.41) is 12.7. The van der Waals surface area contributed by atoms with Crippen LogP contribution in [0.5, 0.6) is 5.75 Å². The number of hydrogen-bond acceptors (Lipinski definition) is 3. The normalized spacial score (nSPS) is 16.6. The summed E-state index contributed by atoms with van der Waals surface area (Å²) < 4.78 is 0. The van der Waals surface area contributed by atoms with Crippen LogP contribution >= 0.6 is 0 Å². The lowest BCUT2D eigenvalue weighted by atomic mass is 9.84. The third-order valence-electron chi connectivity index (χ3n) is 5.57. The number of para-hydroxylation sites is 1. The summed E-state index contributed by atoms with van der Waals surface area (Å²) >= 11 is 0. The van der Waals surface area contributed by atoms with E-state index < -0.39 is 0 Å². The molecule has 1 aliphatic heterocycles. The van der Waals surface area contributed by atoms with Gasteiger partial charge in [-0.25, -0.2) is 0 Å². The van der Waals surface area contributed by atoms with Gasteiger partial charge in [0, 0.05) is 29.9 Å². The lowest BCUT2D eigenvalue weighted by molar-refractivity contribution is -0.119. The number of nitrogens with one attached hydrogen (secondary N) is 1. The molecule has 1 saturated carbocycles. The number of aromatic hydroxyl groups is 1. The van der Waals surface area contributed by atoms with Gasteiger partial charge in [-0.2, -0.15) is 0 Å². The minimum atomic E-state index is -0.172. The second-order valence-electron chi connectivity index (χ2n) is 7.50. The van der Waals surface area contributed by atoms with Crippen LogP contribution in [0.1, 0.15) is 36.8 Å². The summed E-state index contributed by atoms with van der Waals surface area (Å²) in [7, 11) is 0. The smallest absolute Gasteiger partial charge is 0.228 e. The second-order valence-corrected chi connectivity index (χ2v) is 7.50. The Morgan fingerprint density at radius 2 is 1.96 bits per heavy atom. The lowest BCUT2D eigenvalue weighted by Gasteiger charge is -2.35. The molecule has 27 heavy (non-hydrogen) atoms. The average molecular weight is 364 g/mol. The van der Waals surface area contributed by atoms with Crippen LogP contribution in [0.2, 0.25) is 0 Å². The van der Waals surface area contributed by atoms with Crippen molar-refractivity contribution in [1.29, 1.82) is 0 Å². The molecule has 5 nitrogen and oxygen atoms in total. The molecule has 0 bridgehead atoms. The van der Waals surface area contributed by atoms with Crippen molar-refractivity contribution in [2.75, 3.05) is 16.8 Å². The largest absolute Gasteiger partial charge is 0.508 e. The van der Waals surface area contributed by atoms with Crippen molar-refractivity contribution < 1.29 is 14.7 Å². The number of fused-ring (bicyclic) bond motifs is 1. The van der Waals surface area contributed by atoms with Gasteiger partial charge in [-0.15, -0.1) is 0 Å². The minimum Gasteiger partial charge on any atom is -0.508 e. The predicted octanol–water partition coefficient (Wildman–Crippen LogP) is 3.65. The number of benzene rings is 2. The number of carbonyl (C=O) groups is 2. The minimum absolute atomic E-state index is 0.121. The monoisotopic (exact) mass is 364 g/mol. The Kier molecular flexibility index (Phi) is 4.84. The molecule has 0 spiro atoms. The maximum atomic E-state index is 12.4. The van der Waals surface area contributed by atoms with Gasteiger partial charge in [0.2, 0.25) is 11.8 Å². The van der Waals surface area contributed by atoms with E-state index in [1.807, 2.05) is 23.1 Å². The number of phenolic OH excluding ortho intramolecular Hbond substituents is 1. The van der Waals surface area contributed by atoms with Crippen molar-refractivity contribution in [3.8, 4) is 5.75 Å². The summed E-state index contributed by atoms with van der Waals surface area (Å²) in [6.07, 6.45) is 5.03. The van der Waals surface area contributed by atoms with Crippen LogP contribution in [-0.2, 0) is 22.4 Å². The summed E-state index contributed by atoms with van der Waals surface area (Å²) in [4.78, 5) is 26.6. The second kappa shape index (κ2) is 7.43. The quantitative estimate of drug-likeness (QED) is 0.851. The maximum Gasteiger partial charge on any atom is 0.228 e. The molecule has 1 aliphatic carbocycles. The first-order valence-corrected chi connectivity index (χ1v) is 9.60. The molecule has 1 fully saturated rings. The highest BCUT2D eigenvalue weighted by atomic mass is 16.3. The number of anilines is 2. The molecule has 140 valence electrons. The van der Waals surface area contributed by atoms with Crippen molar-refractivity contribution in [3.05, 3.63) is 53.6 Å². The van der Waals surface area contributed by atoms with Crippen LogP contribution in [0.15, 0.2) is 42.5 Å². The number of rotatable bonds is 5. The van der Waals surface area contributed by atoms with E-state index in [1.54, 1.807) is 24.3 Å². The predicted molar refractivity (Wildman–Crippen MR) is 105 cm³/mol. The van der Waals surface area contributed by atoms with Gasteiger partial charge >= 0.3 is 0 Å².